The minimum atomic E-state index is -0.479. The highest BCUT2D eigenvalue weighted by Crippen LogP contribution is 2.17. The molecule has 1 aromatic carbocycles. The molecule has 70 valence electrons. The first-order chi connectivity index (χ1) is 6.40. The standard InChI is InChI=1S/C10H12O3/c11-5-10-12-6-8-3-1-2-4-9(8)7-13-10/h1-4,10-11H,5-7H2. The van der Waals surface area contributed by atoms with Gasteiger partial charge in [-0.05, 0) is 11.1 Å². The van der Waals surface area contributed by atoms with Gasteiger partial charge < -0.3 is 14.6 Å². The molecule has 2 rings (SSSR count). The number of hydrogen-bond acceptors (Lipinski definition) is 3. The maximum absolute atomic E-state index is 8.85. The molecular formula is C10H12O3. The smallest absolute Gasteiger partial charge is 0.181 e. The van der Waals surface area contributed by atoms with Crippen molar-refractivity contribution >= 4 is 0 Å². The van der Waals surface area contributed by atoms with Crippen molar-refractivity contribution in [2.75, 3.05) is 6.61 Å². The van der Waals surface area contributed by atoms with E-state index in [-0.39, 0.29) is 6.61 Å². The van der Waals surface area contributed by atoms with Gasteiger partial charge in [-0.3, -0.25) is 0 Å². The molecule has 0 spiro atoms. The fourth-order valence-corrected chi connectivity index (χ4v) is 1.36. The molecule has 1 aliphatic rings. The highest BCUT2D eigenvalue weighted by molar-refractivity contribution is 5.26. The Morgan fingerprint density at radius 1 is 1.15 bits per heavy atom. The van der Waals surface area contributed by atoms with E-state index in [1.807, 2.05) is 24.3 Å². The van der Waals surface area contributed by atoms with E-state index < -0.39 is 6.29 Å². The Morgan fingerprint density at radius 2 is 1.69 bits per heavy atom. The van der Waals surface area contributed by atoms with E-state index in [1.165, 1.54) is 0 Å². The average molecular weight is 180 g/mol. The van der Waals surface area contributed by atoms with Crippen molar-refractivity contribution in [3.8, 4) is 0 Å². The van der Waals surface area contributed by atoms with Crippen molar-refractivity contribution in [2.45, 2.75) is 19.5 Å². The van der Waals surface area contributed by atoms with Crippen LogP contribution < -0.4 is 0 Å². The molecular weight excluding hydrogens is 168 g/mol. The van der Waals surface area contributed by atoms with Crippen molar-refractivity contribution in [1.29, 1.82) is 0 Å². The van der Waals surface area contributed by atoms with Crippen LogP contribution in [-0.4, -0.2) is 18.0 Å². The number of aliphatic hydroxyl groups excluding tert-OH is 1. The fourth-order valence-electron chi connectivity index (χ4n) is 1.36. The van der Waals surface area contributed by atoms with Gasteiger partial charge in [0, 0.05) is 0 Å². The van der Waals surface area contributed by atoms with Crippen LogP contribution in [0.3, 0.4) is 0 Å². The first-order valence-electron chi connectivity index (χ1n) is 4.31. The third-order valence-corrected chi connectivity index (χ3v) is 2.12. The zero-order valence-electron chi connectivity index (χ0n) is 7.27. The predicted octanol–water partition coefficient (Wildman–Crippen LogP) is 1.05. The van der Waals surface area contributed by atoms with E-state index in [0.717, 1.165) is 11.1 Å². The lowest BCUT2D eigenvalue weighted by atomic mass is 10.1. The van der Waals surface area contributed by atoms with Gasteiger partial charge in [0.1, 0.15) is 0 Å². The van der Waals surface area contributed by atoms with Crippen LogP contribution in [0.4, 0.5) is 0 Å². The number of aliphatic hydroxyl groups is 1. The van der Waals surface area contributed by atoms with Gasteiger partial charge in [-0.15, -0.1) is 0 Å². The average Bonchev–Trinajstić information content (AvgIpc) is 2.39. The molecule has 0 aliphatic carbocycles. The third-order valence-electron chi connectivity index (χ3n) is 2.12. The molecule has 0 saturated heterocycles. The topological polar surface area (TPSA) is 38.7 Å². The van der Waals surface area contributed by atoms with Crippen molar-refractivity contribution < 1.29 is 14.6 Å². The Balaban J connectivity index is 2.17. The molecule has 0 aromatic heterocycles. The van der Waals surface area contributed by atoms with Gasteiger partial charge in [0.2, 0.25) is 0 Å². The van der Waals surface area contributed by atoms with Gasteiger partial charge in [-0.25, -0.2) is 0 Å². The lowest BCUT2D eigenvalue weighted by molar-refractivity contribution is -0.168. The van der Waals surface area contributed by atoms with Gasteiger partial charge in [0.05, 0.1) is 19.8 Å². The van der Waals surface area contributed by atoms with E-state index >= 15 is 0 Å². The van der Waals surface area contributed by atoms with Crippen LogP contribution in [0.25, 0.3) is 0 Å². The largest absolute Gasteiger partial charge is 0.391 e. The number of fused-ring (bicyclic) bond motifs is 1. The third kappa shape index (κ3) is 1.88. The Bertz CT molecular complexity index is 258. The Hall–Kier alpha value is -0.900. The van der Waals surface area contributed by atoms with Gasteiger partial charge in [-0.1, -0.05) is 24.3 Å². The Morgan fingerprint density at radius 3 is 2.15 bits per heavy atom. The highest BCUT2D eigenvalue weighted by atomic mass is 16.7. The summed E-state index contributed by atoms with van der Waals surface area (Å²) in [6.45, 7) is 0.941. The maximum atomic E-state index is 8.85. The van der Waals surface area contributed by atoms with Crippen LogP contribution in [0.5, 0.6) is 0 Å². The number of ether oxygens (including phenoxy) is 2. The van der Waals surface area contributed by atoms with Crippen molar-refractivity contribution in [1.82, 2.24) is 0 Å². The SMILES string of the molecule is OCC1OCc2ccccc2CO1. The molecule has 1 N–H and O–H groups in total. The van der Waals surface area contributed by atoms with Crippen LogP contribution in [0.1, 0.15) is 11.1 Å². The second-order valence-corrected chi connectivity index (χ2v) is 3.00. The monoisotopic (exact) mass is 180 g/mol. The second kappa shape index (κ2) is 3.87. The van der Waals surface area contributed by atoms with Crippen LogP contribution in [0, 0.1) is 0 Å². The zero-order chi connectivity index (χ0) is 9.10. The zero-order valence-corrected chi connectivity index (χ0v) is 7.27. The Kier molecular flexibility index (Phi) is 2.59. The number of benzene rings is 1. The van der Waals surface area contributed by atoms with Gasteiger partial charge in [0.15, 0.2) is 6.29 Å². The first kappa shape index (κ1) is 8.69. The van der Waals surface area contributed by atoms with E-state index in [9.17, 15) is 0 Å². The molecule has 0 atom stereocenters. The predicted molar refractivity (Wildman–Crippen MR) is 46.9 cm³/mol. The summed E-state index contributed by atoms with van der Waals surface area (Å²) >= 11 is 0. The second-order valence-electron chi connectivity index (χ2n) is 3.00. The van der Waals surface area contributed by atoms with E-state index in [0.29, 0.717) is 13.2 Å². The molecule has 1 aromatic rings. The van der Waals surface area contributed by atoms with E-state index in [4.69, 9.17) is 14.6 Å². The van der Waals surface area contributed by atoms with Crippen LogP contribution in [0.2, 0.25) is 0 Å². The summed E-state index contributed by atoms with van der Waals surface area (Å²) in [5.74, 6) is 0. The normalized spacial score (nSPS) is 17.9. The fraction of sp³-hybridized carbons (Fsp3) is 0.400. The molecule has 1 heterocycles. The molecule has 0 saturated carbocycles. The molecule has 0 radical (unpaired) electrons. The quantitative estimate of drug-likeness (QED) is 0.702. The van der Waals surface area contributed by atoms with Gasteiger partial charge in [-0.2, -0.15) is 0 Å². The lowest BCUT2D eigenvalue weighted by Crippen LogP contribution is -2.18. The summed E-state index contributed by atoms with van der Waals surface area (Å²) in [6.07, 6.45) is -0.479. The van der Waals surface area contributed by atoms with Gasteiger partial charge in [0.25, 0.3) is 0 Å². The number of hydrogen-bond donors (Lipinski definition) is 1. The minimum absolute atomic E-state index is 0.0893. The van der Waals surface area contributed by atoms with Crippen molar-refractivity contribution in [2.24, 2.45) is 0 Å². The van der Waals surface area contributed by atoms with Crippen LogP contribution >= 0.6 is 0 Å². The lowest BCUT2D eigenvalue weighted by Gasteiger charge is -2.10. The molecule has 3 heteroatoms. The maximum Gasteiger partial charge on any atom is 0.181 e. The summed E-state index contributed by atoms with van der Waals surface area (Å²) in [4.78, 5) is 0. The molecule has 0 unspecified atom stereocenters. The summed E-state index contributed by atoms with van der Waals surface area (Å²) in [6, 6.07) is 7.97. The van der Waals surface area contributed by atoms with Crippen LogP contribution in [-0.2, 0) is 22.7 Å². The van der Waals surface area contributed by atoms with Gasteiger partial charge >= 0.3 is 0 Å². The minimum Gasteiger partial charge on any atom is -0.391 e. The molecule has 0 fully saturated rings. The van der Waals surface area contributed by atoms with Crippen molar-refractivity contribution in [3.63, 3.8) is 0 Å². The van der Waals surface area contributed by atoms with Crippen LogP contribution in [0.15, 0.2) is 24.3 Å². The molecule has 0 amide bonds. The van der Waals surface area contributed by atoms with E-state index in [2.05, 4.69) is 0 Å². The molecule has 0 bridgehead atoms. The summed E-state index contributed by atoms with van der Waals surface area (Å²) in [5.41, 5.74) is 2.27. The molecule has 1 aliphatic heterocycles. The highest BCUT2D eigenvalue weighted by Gasteiger charge is 2.14. The molecule has 13 heavy (non-hydrogen) atoms. The number of rotatable bonds is 1. The molecule has 3 nitrogen and oxygen atoms in total. The van der Waals surface area contributed by atoms with E-state index in [1.54, 1.807) is 0 Å². The first-order valence-corrected chi connectivity index (χ1v) is 4.31. The summed E-state index contributed by atoms with van der Waals surface area (Å²) in [7, 11) is 0. The summed E-state index contributed by atoms with van der Waals surface area (Å²) < 4.78 is 10.6. The summed E-state index contributed by atoms with van der Waals surface area (Å²) in [5, 5.41) is 8.85. The Labute approximate surface area is 76.9 Å². The van der Waals surface area contributed by atoms with Crippen molar-refractivity contribution in [3.05, 3.63) is 35.4 Å².